The summed E-state index contributed by atoms with van der Waals surface area (Å²) in [7, 11) is 0. The van der Waals surface area contributed by atoms with Crippen molar-refractivity contribution in [3.05, 3.63) is 35.4 Å². The molecule has 0 spiro atoms. The number of hydrogen-bond donors (Lipinski definition) is 1. The van der Waals surface area contributed by atoms with E-state index in [-0.39, 0.29) is 11.8 Å². The van der Waals surface area contributed by atoms with Gasteiger partial charge in [-0.2, -0.15) is 0 Å². The summed E-state index contributed by atoms with van der Waals surface area (Å²) in [5.41, 5.74) is 1.78. The van der Waals surface area contributed by atoms with Gasteiger partial charge in [-0.3, -0.25) is 9.59 Å². The topological polar surface area (TPSA) is 49.4 Å². The van der Waals surface area contributed by atoms with Crippen LogP contribution in [0.25, 0.3) is 0 Å². The van der Waals surface area contributed by atoms with Gasteiger partial charge in [0.1, 0.15) is 0 Å². The van der Waals surface area contributed by atoms with Crippen LogP contribution in [0, 0.1) is 12.8 Å². The van der Waals surface area contributed by atoms with Crippen LogP contribution in [-0.4, -0.2) is 36.3 Å². The molecule has 4 nitrogen and oxygen atoms in total. The third-order valence-electron chi connectivity index (χ3n) is 3.40. The molecule has 4 heteroatoms. The fourth-order valence-electron chi connectivity index (χ4n) is 1.95. The van der Waals surface area contributed by atoms with E-state index < -0.39 is 0 Å². The van der Waals surface area contributed by atoms with Crippen molar-refractivity contribution >= 4 is 11.8 Å². The Hall–Kier alpha value is -1.84. The minimum atomic E-state index is -0.0950. The molecule has 1 rings (SSSR count). The zero-order valence-corrected chi connectivity index (χ0v) is 13.5. The highest BCUT2D eigenvalue weighted by Crippen LogP contribution is 2.04. The molecule has 0 saturated carbocycles. The summed E-state index contributed by atoms with van der Waals surface area (Å²) in [6.07, 6.45) is 0.978. The van der Waals surface area contributed by atoms with Gasteiger partial charge >= 0.3 is 0 Å². The number of amides is 2. The molecule has 0 heterocycles. The van der Waals surface area contributed by atoms with Crippen LogP contribution < -0.4 is 5.32 Å². The Morgan fingerprint density at radius 1 is 1.14 bits per heavy atom. The van der Waals surface area contributed by atoms with Crippen molar-refractivity contribution in [2.45, 2.75) is 34.1 Å². The molecule has 0 aliphatic heterocycles. The van der Waals surface area contributed by atoms with Crippen LogP contribution in [0.5, 0.6) is 0 Å². The fourth-order valence-corrected chi connectivity index (χ4v) is 1.95. The molecule has 0 atom stereocenters. The van der Waals surface area contributed by atoms with E-state index in [0.29, 0.717) is 24.6 Å². The summed E-state index contributed by atoms with van der Waals surface area (Å²) in [6.45, 7) is 9.61. The quantitative estimate of drug-likeness (QED) is 0.839. The monoisotopic (exact) mass is 290 g/mol. The number of aryl methyl sites for hydroxylation is 1. The summed E-state index contributed by atoms with van der Waals surface area (Å²) in [5, 5.41) is 2.86. The standard InChI is InChI=1S/C17H26N2O2/c1-13(2)9-11-19(15(4)20)12-10-18-17(21)16-7-5-14(3)6-8-16/h5-8,13H,9-12H2,1-4H3,(H,18,21). The SMILES string of the molecule is CC(=O)N(CCNC(=O)c1ccc(C)cc1)CCC(C)C. The van der Waals surface area contributed by atoms with Gasteiger partial charge in [-0.15, -0.1) is 0 Å². The highest BCUT2D eigenvalue weighted by atomic mass is 16.2. The smallest absolute Gasteiger partial charge is 0.251 e. The highest BCUT2D eigenvalue weighted by Gasteiger charge is 2.10. The Bertz CT molecular complexity index is 466. The molecule has 0 aliphatic rings. The van der Waals surface area contributed by atoms with Crippen molar-refractivity contribution in [2.24, 2.45) is 5.92 Å². The van der Waals surface area contributed by atoms with Crippen molar-refractivity contribution in [3.8, 4) is 0 Å². The average molecular weight is 290 g/mol. The third kappa shape index (κ3) is 6.43. The number of hydrogen-bond acceptors (Lipinski definition) is 2. The van der Waals surface area contributed by atoms with E-state index in [4.69, 9.17) is 0 Å². The van der Waals surface area contributed by atoms with Gasteiger partial charge in [0.15, 0.2) is 0 Å². The van der Waals surface area contributed by atoms with Crippen LogP contribution >= 0.6 is 0 Å². The number of nitrogens with one attached hydrogen (secondary N) is 1. The van der Waals surface area contributed by atoms with Crippen molar-refractivity contribution < 1.29 is 9.59 Å². The minimum absolute atomic E-state index is 0.0558. The molecular weight excluding hydrogens is 264 g/mol. The number of nitrogens with zero attached hydrogens (tertiary/aromatic N) is 1. The maximum Gasteiger partial charge on any atom is 0.251 e. The molecule has 0 aromatic heterocycles. The first-order valence-corrected chi connectivity index (χ1v) is 7.50. The van der Waals surface area contributed by atoms with E-state index in [0.717, 1.165) is 18.5 Å². The lowest BCUT2D eigenvalue weighted by atomic mass is 10.1. The molecule has 0 radical (unpaired) electrons. The predicted molar refractivity (Wildman–Crippen MR) is 85.2 cm³/mol. The summed E-state index contributed by atoms with van der Waals surface area (Å²) in [6, 6.07) is 7.46. The van der Waals surface area contributed by atoms with Crippen LogP contribution in [-0.2, 0) is 4.79 Å². The molecule has 1 aromatic rings. The second kappa shape index (κ2) is 8.45. The maximum atomic E-state index is 12.0. The van der Waals surface area contributed by atoms with Gasteiger partial charge in [-0.25, -0.2) is 0 Å². The molecule has 1 N–H and O–H groups in total. The van der Waals surface area contributed by atoms with E-state index in [1.807, 2.05) is 31.2 Å². The zero-order valence-electron chi connectivity index (χ0n) is 13.5. The molecule has 0 saturated heterocycles. The van der Waals surface area contributed by atoms with Crippen LogP contribution in [0.3, 0.4) is 0 Å². The van der Waals surface area contributed by atoms with E-state index in [9.17, 15) is 9.59 Å². The second-order valence-electron chi connectivity index (χ2n) is 5.81. The lowest BCUT2D eigenvalue weighted by molar-refractivity contribution is -0.128. The molecule has 0 aliphatic carbocycles. The van der Waals surface area contributed by atoms with Gasteiger partial charge in [-0.05, 0) is 31.4 Å². The highest BCUT2D eigenvalue weighted by molar-refractivity contribution is 5.94. The first-order chi connectivity index (χ1) is 9.90. The molecule has 2 amide bonds. The van der Waals surface area contributed by atoms with Crippen LogP contribution in [0.15, 0.2) is 24.3 Å². The third-order valence-corrected chi connectivity index (χ3v) is 3.40. The Morgan fingerprint density at radius 3 is 2.29 bits per heavy atom. The Morgan fingerprint density at radius 2 is 1.76 bits per heavy atom. The van der Waals surface area contributed by atoms with Gasteiger partial charge < -0.3 is 10.2 Å². The van der Waals surface area contributed by atoms with Gasteiger partial charge in [0.05, 0.1) is 0 Å². The van der Waals surface area contributed by atoms with Crippen molar-refractivity contribution in [1.82, 2.24) is 10.2 Å². The number of carbonyl (C=O) groups is 2. The largest absolute Gasteiger partial charge is 0.350 e. The van der Waals surface area contributed by atoms with Crippen LogP contribution in [0.4, 0.5) is 0 Å². The zero-order chi connectivity index (χ0) is 15.8. The number of benzene rings is 1. The Balaban J connectivity index is 2.41. The molecular formula is C17H26N2O2. The molecule has 0 bridgehead atoms. The van der Waals surface area contributed by atoms with E-state index in [1.54, 1.807) is 11.8 Å². The first-order valence-electron chi connectivity index (χ1n) is 7.50. The van der Waals surface area contributed by atoms with Crippen LogP contribution in [0.1, 0.15) is 43.1 Å². The molecule has 0 unspecified atom stereocenters. The Labute approximate surface area is 127 Å². The fraction of sp³-hybridized carbons (Fsp3) is 0.529. The van der Waals surface area contributed by atoms with E-state index >= 15 is 0 Å². The molecule has 1 aromatic carbocycles. The van der Waals surface area contributed by atoms with Crippen molar-refractivity contribution in [1.29, 1.82) is 0 Å². The molecule has 0 fully saturated rings. The summed E-state index contributed by atoms with van der Waals surface area (Å²) in [4.78, 5) is 25.3. The number of rotatable bonds is 7. The lowest BCUT2D eigenvalue weighted by Gasteiger charge is -2.22. The molecule has 116 valence electrons. The van der Waals surface area contributed by atoms with Crippen molar-refractivity contribution in [3.63, 3.8) is 0 Å². The van der Waals surface area contributed by atoms with Gasteiger partial charge in [-0.1, -0.05) is 31.5 Å². The van der Waals surface area contributed by atoms with E-state index in [2.05, 4.69) is 19.2 Å². The normalized spacial score (nSPS) is 10.5. The Kier molecular flexibility index (Phi) is 6.92. The second-order valence-corrected chi connectivity index (χ2v) is 5.81. The first kappa shape index (κ1) is 17.2. The summed E-state index contributed by atoms with van der Waals surface area (Å²) >= 11 is 0. The van der Waals surface area contributed by atoms with Gasteiger partial charge in [0.2, 0.25) is 5.91 Å². The minimum Gasteiger partial charge on any atom is -0.350 e. The molecule has 21 heavy (non-hydrogen) atoms. The van der Waals surface area contributed by atoms with Crippen LogP contribution in [0.2, 0.25) is 0 Å². The number of carbonyl (C=O) groups excluding carboxylic acids is 2. The summed E-state index contributed by atoms with van der Waals surface area (Å²) in [5.74, 6) is 0.525. The van der Waals surface area contributed by atoms with Gasteiger partial charge in [0, 0.05) is 32.1 Å². The van der Waals surface area contributed by atoms with Gasteiger partial charge in [0.25, 0.3) is 5.91 Å². The maximum absolute atomic E-state index is 12.0. The predicted octanol–water partition coefficient (Wildman–Crippen LogP) is 2.62. The summed E-state index contributed by atoms with van der Waals surface area (Å²) < 4.78 is 0. The van der Waals surface area contributed by atoms with Crippen molar-refractivity contribution in [2.75, 3.05) is 19.6 Å². The lowest BCUT2D eigenvalue weighted by Crippen LogP contribution is -2.38. The average Bonchev–Trinajstić information content (AvgIpc) is 2.42. The van der Waals surface area contributed by atoms with E-state index in [1.165, 1.54) is 0 Å².